The van der Waals surface area contributed by atoms with Crippen molar-refractivity contribution in [2.75, 3.05) is 0 Å². The molecule has 0 amide bonds. The summed E-state index contributed by atoms with van der Waals surface area (Å²) in [7, 11) is 0. The molecule has 0 bridgehead atoms. The third-order valence-corrected chi connectivity index (χ3v) is 4.67. The molecule has 1 aliphatic rings. The number of aliphatic carboxylic acids is 1. The van der Waals surface area contributed by atoms with E-state index in [1.807, 2.05) is 0 Å². The van der Waals surface area contributed by atoms with Gasteiger partial charge in [0.05, 0.1) is 5.41 Å². The minimum atomic E-state index is -0.712. The first-order valence-corrected chi connectivity index (χ1v) is 7.81. The normalized spacial score (nSPS) is 17.1. The maximum absolute atomic E-state index is 11.1. The van der Waals surface area contributed by atoms with Crippen LogP contribution in [-0.2, 0) is 11.2 Å². The lowest BCUT2D eigenvalue weighted by molar-refractivity contribution is -0.147. The van der Waals surface area contributed by atoms with Crippen molar-refractivity contribution in [2.45, 2.75) is 64.7 Å². The maximum Gasteiger partial charge on any atom is 0.309 e. The summed E-state index contributed by atoms with van der Waals surface area (Å²) in [6.07, 6.45) is 8.28. The van der Waals surface area contributed by atoms with Gasteiger partial charge in [-0.3, -0.25) is 4.79 Å². The fourth-order valence-corrected chi connectivity index (χ4v) is 2.96. The molecule has 1 aromatic carbocycles. The molecule has 0 unspecified atom stereocenters. The summed E-state index contributed by atoms with van der Waals surface area (Å²) in [5.41, 5.74) is 2.08. The SMILES string of the molecule is CC(C)(CCc1ccc(C2CCCCC2)cc1)C(=O)O. The first-order valence-electron chi connectivity index (χ1n) is 7.81. The number of benzene rings is 1. The van der Waals surface area contributed by atoms with E-state index >= 15 is 0 Å². The van der Waals surface area contributed by atoms with E-state index in [1.54, 1.807) is 13.8 Å². The zero-order valence-corrected chi connectivity index (χ0v) is 12.7. The number of carboxylic acids is 1. The molecule has 1 saturated carbocycles. The highest BCUT2D eigenvalue weighted by molar-refractivity contribution is 5.73. The Labute approximate surface area is 122 Å². The number of hydrogen-bond donors (Lipinski definition) is 1. The van der Waals surface area contributed by atoms with Gasteiger partial charge in [0.25, 0.3) is 0 Å². The predicted octanol–water partition coefficient (Wildman–Crippen LogP) is 4.78. The number of carboxylic acid groups (broad SMARTS) is 1. The smallest absolute Gasteiger partial charge is 0.309 e. The second-order valence-corrected chi connectivity index (χ2v) is 6.77. The third-order valence-electron chi connectivity index (χ3n) is 4.67. The van der Waals surface area contributed by atoms with Gasteiger partial charge in [-0.1, -0.05) is 43.5 Å². The van der Waals surface area contributed by atoms with E-state index in [2.05, 4.69) is 24.3 Å². The molecule has 0 spiro atoms. The molecule has 0 atom stereocenters. The number of carbonyl (C=O) groups is 1. The van der Waals surface area contributed by atoms with Gasteiger partial charge >= 0.3 is 5.97 Å². The van der Waals surface area contributed by atoms with E-state index < -0.39 is 11.4 Å². The van der Waals surface area contributed by atoms with Crippen molar-refractivity contribution < 1.29 is 9.90 Å². The zero-order valence-electron chi connectivity index (χ0n) is 12.7. The van der Waals surface area contributed by atoms with Crippen LogP contribution in [-0.4, -0.2) is 11.1 Å². The Kier molecular flexibility index (Phi) is 4.85. The van der Waals surface area contributed by atoms with Crippen LogP contribution in [0.2, 0.25) is 0 Å². The molecule has 1 aromatic rings. The first-order chi connectivity index (χ1) is 9.49. The molecule has 0 aromatic heterocycles. The van der Waals surface area contributed by atoms with Gasteiger partial charge in [0.15, 0.2) is 0 Å². The predicted molar refractivity (Wildman–Crippen MR) is 82.0 cm³/mol. The molecule has 0 aliphatic heterocycles. The molecule has 1 fully saturated rings. The average molecular weight is 274 g/mol. The van der Waals surface area contributed by atoms with Crippen molar-refractivity contribution in [3.05, 3.63) is 35.4 Å². The van der Waals surface area contributed by atoms with Crippen LogP contribution in [0, 0.1) is 5.41 Å². The lowest BCUT2D eigenvalue weighted by Crippen LogP contribution is -2.24. The van der Waals surface area contributed by atoms with E-state index in [4.69, 9.17) is 5.11 Å². The first kappa shape index (κ1) is 15.1. The van der Waals surface area contributed by atoms with Crippen molar-refractivity contribution in [2.24, 2.45) is 5.41 Å². The fraction of sp³-hybridized carbons (Fsp3) is 0.611. The molecule has 1 aliphatic carbocycles. The van der Waals surface area contributed by atoms with Crippen molar-refractivity contribution >= 4 is 5.97 Å². The quantitative estimate of drug-likeness (QED) is 0.839. The Hall–Kier alpha value is -1.31. The van der Waals surface area contributed by atoms with Crippen molar-refractivity contribution in [3.63, 3.8) is 0 Å². The molecule has 2 nitrogen and oxygen atoms in total. The number of hydrogen-bond acceptors (Lipinski definition) is 1. The van der Waals surface area contributed by atoms with E-state index in [9.17, 15) is 4.79 Å². The van der Waals surface area contributed by atoms with Crippen LogP contribution < -0.4 is 0 Å². The molecule has 0 radical (unpaired) electrons. The summed E-state index contributed by atoms with van der Waals surface area (Å²) < 4.78 is 0. The lowest BCUT2D eigenvalue weighted by Gasteiger charge is -2.22. The zero-order chi connectivity index (χ0) is 14.6. The molecule has 0 heterocycles. The Balaban J connectivity index is 1.93. The van der Waals surface area contributed by atoms with Crippen molar-refractivity contribution in [1.82, 2.24) is 0 Å². The van der Waals surface area contributed by atoms with E-state index in [-0.39, 0.29) is 0 Å². The molecule has 2 heteroatoms. The standard InChI is InChI=1S/C18H26O2/c1-18(2,17(19)20)13-12-14-8-10-16(11-9-14)15-6-4-3-5-7-15/h8-11,15H,3-7,12-13H2,1-2H3,(H,19,20). The van der Waals surface area contributed by atoms with Crippen molar-refractivity contribution in [1.29, 1.82) is 0 Å². The Morgan fingerprint density at radius 2 is 1.75 bits per heavy atom. The Morgan fingerprint density at radius 1 is 1.15 bits per heavy atom. The molecule has 20 heavy (non-hydrogen) atoms. The summed E-state index contributed by atoms with van der Waals surface area (Å²) in [6, 6.07) is 8.86. The minimum absolute atomic E-state index is 0.637. The van der Waals surface area contributed by atoms with Gasteiger partial charge < -0.3 is 5.11 Å². The van der Waals surface area contributed by atoms with Crippen LogP contribution in [0.1, 0.15) is 69.4 Å². The van der Waals surface area contributed by atoms with Gasteiger partial charge in [-0.25, -0.2) is 0 Å². The highest BCUT2D eigenvalue weighted by atomic mass is 16.4. The average Bonchev–Trinajstić information content (AvgIpc) is 2.46. The second kappa shape index (κ2) is 6.43. The summed E-state index contributed by atoms with van der Waals surface area (Å²) >= 11 is 0. The Bertz CT molecular complexity index is 439. The van der Waals surface area contributed by atoms with Gasteiger partial charge in [0, 0.05) is 0 Å². The van der Waals surface area contributed by atoms with Crippen LogP contribution in [0.4, 0.5) is 0 Å². The topological polar surface area (TPSA) is 37.3 Å². The second-order valence-electron chi connectivity index (χ2n) is 6.77. The van der Waals surface area contributed by atoms with Gasteiger partial charge in [0.2, 0.25) is 0 Å². The summed E-state index contributed by atoms with van der Waals surface area (Å²) in [4.78, 5) is 11.1. The maximum atomic E-state index is 11.1. The van der Waals surface area contributed by atoms with Gasteiger partial charge in [-0.15, -0.1) is 0 Å². The molecule has 0 saturated heterocycles. The summed E-state index contributed by atoms with van der Waals surface area (Å²) in [6.45, 7) is 3.59. The molecule has 1 N–H and O–H groups in total. The highest BCUT2D eigenvalue weighted by Crippen LogP contribution is 2.33. The fourth-order valence-electron chi connectivity index (χ4n) is 2.96. The third kappa shape index (κ3) is 3.84. The Morgan fingerprint density at radius 3 is 2.30 bits per heavy atom. The van der Waals surface area contributed by atoms with Crippen LogP contribution >= 0.6 is 0 Å². The van der Waals surface area contributed by atoms with E-state index in [0.29, 0.717) is 6.42 Å². The summed E-state index contributed by atoms with van der Waals surface area (Å²) in [5.74, 6) is 0.0320. The van der Waals surface area contributed by atoms with E-state index in [0.717, 1.165) is 12.3 Å². The summed E-state index contributed by atoms with van der Waals surface area (Å²) in [5, 5.41) is 9.13. The molecule has 2 rings (SSSR count). The lowest BCUT2D eigenvalue weighted by atomic mass is 9.83. The van der Waals surface area contributed by atoms with Gasteiger partial charge in [-0.05, 0) is 56.6 Å². The number of rotatable bonds is 5. The molecular weight excluding hydrogens is 248 g/mol. The molecule has 110 valence electrons. The van der Waals surface area contributed by atoms with Crippen LogP contribution in [0.15, 0.2) is 24.3 Å². The monoisotopic (exact) mass is 274 g/mol. The van der Waals surface area contributed by atoms with Gasteiger partial charge in [0.1, 0.15) is 0 Å². The minimum Gasteiger partial charge on any atom is -0.481 e. The van der Waals surface area contributed by atoms with Crippen LogP contribution in [0.25, 0.3) is 0 Å². The highest BCUT2D eigenvalue weighted by Gasteiger charge is 2.26. The van der Waals surface area contributed by atoms with Gasteiger partial charge in [-0.2, -0.15) is 0 Å². The largest absolute Gasteiger partial charge is 0.481 e. The molecular formula is C18H26O2. The van der Waals surface area contributed by atoms with Crippen molar-refractivity contribution in [3.8, 4) is 0 Å². The van der Waals surface area contributed by atoms with E-state index in [1.165, 1.54) is 43.2 Å². The van der Waals surface area contributed by atoms with Crippen LogP contribution in [0.5, 0.6) is 0 Å². The van der Waals surface area contributed by atoms with Crippen LogP contribution in [0.3, 0.4) is 0 Å². The number of aryl methyl sites for hydroxylation is 1.